The number of rotatable bonds is 2. The number of carboxylic acid groups (broad SMARTS) is 1. The molecule has 1 aliphatic rings. The molecule has 6 nitrogen and oxygen atoms in total. The van der Waals surface area contributed by atoms with Crippen LogP contribution in [0.2, 0.25) is 0 Å². The van der Waals surface area contributed by atoms with Gasteiger partial charge >= 0.3 is 5.97 Å². The number of carbonyl (C=O) groups is 2. The second kappa shape index (κ2) is 5.26. The van der Waals surface area contributed by atoms with Crippen molar-refractivity contribution in [3.8, 4) is 0 Å². The number of hydrogen-bond acceptors (Lipinski definition) is 3. The van der Waals surface area contributed by atoms with Gasteiger partial charge in [-0.05, 0) is 33.6 Å². The topological polar surface area (TPSA) is 75.4 Å². The number of nitrogens with zero attached hydrogens (tertiary/aromatic N) is 3. The molecule has 1 saturated heterocycles. The van der Waals surface area contributed by atoms with E-state index in [2.05, 4.69) is 5.10 Å². The number of likely N-dealkylation sites (tertiary alicyclic amines) is 1. The molecule has 1 aromatic rings. The van der Waals surface area contributed by atoms with E-state index in [-0.39, 0.29) is 11.9 Å². The maximum atomic E-state index is 12.7. The third-order valence-electron chi connectivity index (χ3n) is 4.29. The standard InChI is InChI=1S/C14H21N3O3/c1-8-12(10(3)16(4)15-8)13(18)17-7-5-6-11(9(17)2)14(19)20/h9,11H,5-7H2,1-4H3,(H,19,20)/t9-,11-/m1/s1. The summed E-state index contributed by atoms with van der Waals surface area (Å²) in [5, 5.41) is 13.5. The van der Waals surface area contributed by atoms with Crippen LogP contribution in [-0.4, -0.2) is 44.3 Å². The maximum absolute atomic E-state index is 12.7. The lowest BCUT2D eigenvalue weighted by Gasteiger charge is -2.37. The number of aryl methyl sites for hydroxylation is 2. The van der Waals surface area contributed by atoms with Crippen molar-refractivity contribution < 1.29 is 14.7 Å². The van der Waals surface area contributed by atoms with Crippen LogP contribution in [0.15, 0.2) is 0 Å². The van der Waals surface area contributed by atoms with Gasteiger partial charge < -0.3 is 10.0 Å². The molecule has 0 aliphatic carbocycles. The third kappa shape index (κ3) is 2.30. The molecule has 2 heterocycles. The van der Waals surface area contributed by atoms with Crippen LogP contribution >= 0.6 is 0 Å². The fourth-order valence-corrected chi connectivity index (χ4v) is 2.99. The average molecular weight is 279 g/mol. The minimum absolute atomic E-state index is 0.105. The Morgan fingerprint density at radius 2 is 2.00 bits per heavy atom. The summed E-state index contributed by atoms with van der Waals surface area (Å²) < 4.78 is 1.69. The lowest BCUT2D eigenvalue weighted by atomic mass is 9.89. The summed E-state index contributed by atoms with van der Waals surface area (Å²) in [6.45, 7) is 6.09. The molecular formula is C14H21N3O3. The Hall–Kier alpha value is -1.85. The van der Waals surface area contributed by atoms with Crippen LogP contribution in [0.4, 0.5) is 0 Å². The first-order chi connectivity index (χ1) is 9.34. The third-order valence-corrected chi connectivity index (χ3v) is 4.29. The first-order valence-corrected chi connectivity index (χ1v) is 6.88. The zero-order valence-corrected chi connectivity index (χ0v) is 12.4. The molecule has 1 amide bonds. The van der Waals surface area contributed by atoms with Crippen molar-refractivity contribution >= 4 is 11.9 Å². The monoisotopic (exact) mass is 279 g/mol. The van der Waals surface area contributed by atoms with Crippen LogP contribution in [0.3, 0.4) is 0 Å². The Kier molecular flexibility index (Phi) is 3.83. The first-order valence-electron chi connectivity index (χ1n) is 6.88. The zero-order valence-electron chi connectivity index (χ0n) is 12.4. The summed E-state index contributed by atoms with van der Waals surface area (Å²) in [7, 11) is 1.80. The number of carboxylic acids is 1. The van der Waals surface area contributed by atoms with Crippen molar-refractivity contribution in [2.75, 3.05) is 6.54 Å². The first kappa shape index (κ1) is 14.6. The minimum Gasteiger partial charge on any atom is -0.481 e. The van der Waals surface area contributed by atoms with Gasteiger partial charge in [0.2, 0.25) is 0 Å². The van der Waals surface area contributed by atoms with Gasteiger partial charge in [0, 0.05) is 25.3 Å². The van der Waals surface area contributed by atoms with Crippen LogP contribution in [-0.2, 0) is 11.8 Å². The number of aliphatic carboxylic acids is 1. The second-order valence-electron chi connectivity index (χ2n) is 5.50. The van der Waals surface area contributed by atoms with Gasteiger partial charge in [-0.15, -0.1) is 0 Å². The van der Waals surface area contributed by atoms with Crippen LogP contribution in [0.5, 0.6) is 0 Å². The van der Waals surface area contributed by atoms with Crippen LogP contribution in [0.1, 0.15) is 41.5 Å². The molecule has 1 aliphatic heterocycles. The molecule has 1 aromatic heterocycles. The average Bonchev–Trinajstić information content (AvgIpc) is 2.62. The summed E-state index contributed by atoms with van der Waals surface area (Å²) in [6, 6.07) is -0.284. The number of aromatic nitrogens is 2. The van der Waals surface area contributed by atoms with E-state index in [4.69, 9.17) is 0 Å². The lowest BCUT2D eigenvalue weighted by molar-refractivity contribution is -0.144. The predicted octanol–water partition coefficient (Wildman–Crippen LogP) is 1.36. The molecule has 2 rings (SSSR count). The van der Waals surface area contributed by atoms with Gasteiger partial charge in [-0.25, -0.2) is 0 Å². The Labute approximate surface area is 118 Å². The van der Waals surface area contributed by atoms with Crippen LogP contribution < -0.4 is 0 Å². The molecule has 1 N–H and O–H groups in total. The molecule has 6 heteroatoms. The number of piperidine rings is 1. The predicted molar refractivity (Wildman–Crippen MR) is 73.5 cm³/mol. The highest BCUT2D eigenvalue weighted by Gasteiger charge is 2.36. The smallest absolute Gasteiger partial charge is 0.308 e. The molecule has 0 unspecified atom stereocenters. The zero-order chi connectivity index (χ0) is 15.0. The van der Waals surface area contributed by atoms with Crippen molar-refractivity contribution in [3.05, 3.63) is 17.0 Å². The molecule has 110 valence electrons. The Balaban J connectivity index is 2.30. The molecule has 0 radical (unpaired) electrons. The van der Waals surface area contributed by atoms with Gasteiger partial charge in [-0.1, -0.05) is 0 Å². The van der Waals surface area contributed by atoms with Gasteiger partial charge in [0.1, 0.15) is 0 Å². The quantitative estimate of drug-likeness (QED) is 0.887. The molecule has 0 bridgehead atoms. The molecule has 1 fully saturated rings. The van der Waals surface area contributed by atoms with Gasteiger partial charge in [0.25, 0.3) is 5.91 Å². The minimum atomic E-state index is -0.824. The summed E-state index contributed by atoms with van der Waals surface area (Å²) in [4.78, 5) is 25.6. The van der Waals surface area contributed by atoms with Crippen molar-refractivity contribution in [2.45, 2.75) is 39.7 Å². The van der Waals surface area contributed by atoms with E-state index in [9.17, 15) is 14.7 Å². The van der Waals surface area contributed by atoms with Crippen molar-refractivity contribution in [3.63, 3.8) is 0 Å². The maximum Gasteiger partial charge on any atom is 0.308 e. The van der Waals surface area contributed by atoms with E-state index >= 15 is 0 Å². The van der Waals surface area contributed by atoms with E-state index in [0.717, 1.165) is 12.1 Å². The normalized spacial score (nSPS) is 22.9. The highest BCUT2D eigenvalue weighted by molar-refractivity contribution is 5.97. The number of amides is 1. The Bertz CT molecular complexity index is 550. The van der Waals surface area contributed by atoms with E-state index in [1.807, 2.05) is 20.8 Å². The van der Waals surface area contributed by atoms with Gasteiger partial charge in [0.15, 0.2) is 0 Å². The fourth-order valence-electron chi connectivity index (χ4n) is 2.99. The molecule has 0 spiro atoms. The van der Waals surface area contributed by atoms with Crippen molar-refractivity contribution in [2.24, 2.45) is 13.0 Å². The summed E-state index contributed by atoms with van der Waals surface area (Å²) in [6.07, 6.45) is 1.36. The Morgan fingerprint density at radius 3 is 2.50 bits per heavy atom. The Morgan fingerprint density at radius 1 is 1.35 bits per heavy atom. The molecular weight excluding hydrogens is 258 g/mol. The molecule has 2 atom stereocenters. The lowest BCUT2D eigenvalue weighted by Crippen LogP contribution is -2.49. The summed E-state index contributed by atoms with van der Waals surface area (Å²) in [5.74, 6) is -1.41. The highest BCUT2D eigenvalue weighted by Crippen LogP contribution is 2.26. The number of carbonyl (C=O) groups excluding carboxylic acids is 1. The highest BCUT2D eigenvalue weighted by atomic mass is 16.4. The largest absolute Gasteiger partial charge is 0.481 e. The number of hydrogen-bond donors (Lipinski definition) is 1. The fraction of sp³-hybridized carbons (Fsp3) is 0.643. The van der Waals surface area contributed by atoms with Gasteiger partial charge in [-0.3, -0.25) is 14.3 Å². The van der Waals surface area contributed by atoms with E-state index in [0.29, 0.717) is 24.2 Å². The summed E-state index contributed by atoms with van der Waals surface area (Å²) in [5.41, 5.74) is 2.11. The van der Waals surface area contributed by atoms with E-state index in [1.165, 1.54) is 0 Å². The molecule has 20 heavy (non-hydrogen) atoms. The van der Waals surface area contributed by atoms with Gasteiger partial charge in [0.05, 0.1) is 17.2 Å². The van der Waals surface area contributed by atoms with E-state index < -0.39 is 11.9 Å². The van der Waals surface area contributed by atoms with Gasteiger partial charge in [-0.2, -0.15) is 5.10 Å². The summed E-state index contributed by atoms with van der Waals surface area (Å²) >= 11 is 0. The second-order valence-corrected chi connectivity index (χ2v) is 5.50. The van der Waals surface area contributed by atoms with Crippen LogP contribution in [0, 0.1) is 19.8 Å². The molecule has 0 aromatic carbocycles. The SMILES string of the molecule is Cc1nn(C)c(C)c1C(=O)N1CCC[C@@H](C(=O)O)[C@H]1C. The van der Waals surface area contributed by atoms with Crippen LogP contribution in [0.25, 0.3) is 0 Å². The molecule has 0 saturated carbocycles. The van der Waals surface area contributed by atoms with Crippen molar-refractivity contribution in [1.29, 1.82) is 0 Å². The van der Waals surface area contributed by atoms with E-state index in [1.54, 1.807) is 16.6 Å². The van der Waals surface area contributed by atoms with Crippen molar-refractivity contribution in [1.82, 2.24) is 14.7 Å².